The summed E-state index contributed by atoms with van der Waals surface area (Å²) >= 11 is 0. The van der Waals surface area contributed by atoms with Crippen LogP contribution in [0, 0.1) is 0 Å². The predicted molar refractivity (Wildman–Crippen MR) is 84.4 cm³/mol. The predicted octanol–water partition coefficient (Wildman–Crippen LogP) is 3.04. The van der Waals surface area contributed by atoms with Gasteiger partial charge in [-0.2, -0.15) is 0 Å². The van der Waals surface area contributed by atoms with E-state index in [1.807, 2.05) is 31.4 Å². The van der Waals surface area contributed by atoms with Crippen molar-refractivity contribution >= 4 is 27.7 Å². The Kier molecular flexibility index (Phi) is 4.12. The summed E-state index contributed by atoms with van der Waals surface area (Å²) in [6, 6.07) is 5.37. The van der Waals surface area contributed by atoms with Crippen molar-refractivity contribution in [3.63, 3.8) is 0 Å². The number of hydrogen-bond donors (Lipinski definition) is 2. The second-order valence-electron chi connectivity index (χ2n) is 4.36. The molecule has 1 aromatic carbocycles. The molecular formula is C16H19N3O2. The minimum Gasteiger partial charge on any atom is -0.506 e. The van der Waals surface area contributed by atoms with Crippen molar-refractivity contribution in [3.8, 4) is 5.75 Å². The van der Waals surface area contributed by atoms with E-state index in [-0.39, 0.29) is 5.75 Å². The third kappa shape index (κ3) is 2.20. The maximum absolute atomic E-state index is 11.6. The molecule has 0 fully saturated rings. The third-order valence-electron chi connectivity index (χ3n) is 3.36. The highest BCUT2D eigenvalue weighted by Gasteiger charge is 2.18. The van der Waals surface area contributed by atoms with E-state index >= 15 is 0 Å². The Morgan fingerprint density at radius 1 is 1.24 bits per heavy atom. The quantitative estimate of drug-likeness (QED) is 0.759. The summed E-state index contributed by atoms with van der Waals surface area (Å²) in [5.74, 6) is -0.444. The lowest BCUT2D eigenvalue weighted by molar-refractivity contribution is 0.100. The fourth-order valence-corrected chi connectivity index (χ4v) is 2.60. The molecule has 5 heteroatoms. The van der Waals surface area contributed by atoms with Crippen molar-refractivity contribution < 1.29 is 9.90 Å². The van der Waals surface area contributed by atoms with Gasteiger partial charge in [0.15, 0.2) is 0 Å². The number of fused-ring (bicyclic) bond motifs is 3. The molecule has 110 valence electrons. The van der Waals surface area contributed by atoms with Crippen molar-refractivity contribution in [2.75, 3.05) is 0 Å². The van der Waals surface area contributed by atoms with Crippen LogP contribution in [0.2, 0.25) is 0 Å². The van der Waals surface area contributed by atoms with E-state index in [1.165, 1.54) is 6.20 Å². The van der Waals surface area contributed by atoms with Crippen LogP contribution in [0.25, 0.3) is 21.8 Å². The van der Waals surface area contributed by atoms with Gasteiger partial charge in [0.1, 0.15) is 5.75 Å². The summed E-state index contributed by atoms with van der Waals surface area (Å²) in [4.78, 5) is 15.6. The van der Waals surface area contributed by atoms with Crippen LogP contribution < -0.4 is 5.73 Å². The number of carbonyl (C=O) groups is 1. The number of amides is 1. The van der Waals surface area contributed by atoms with Gasteiger partial charge in [-0.15, -0.1) is 0 Å². The molecule has 2 heterocycles. The molecule has 5 nitrogen and oxygen atoms in total. The molecule has 0 saturated heterocycles. The monoisotopic (exact) mass is 285 g/mol. The number of hydrogen-bond acceptors (Lipinski definition) is 3. The van der Waals surface area contributed by atoms with Gasteiger partial charge in [0.25, 0.3) is 0 Å². The van der Waals surface area contributed by atoms with Crippen molar-refractivity contribution in [3.05, 3.63) is 36.2 Å². The molecule has 0 saturated carbocycles. The van der Waals surface area contributed by atoms with Crippen molar-refractivity contribution in [2.45, 2.75) is 27.3 Å². The summed E-state index contributed by atoms with van der Waals surface area (Å²) in [7, 11) is 0. The van der Waals surface area contributed by atoms with Crippen LogP contribution >= 0.6 is 0 Å². The molecule has 0 atom stereocenters. The second-order valence-corrected chi connectivity index (χ2v) is 4.36. The van der Waals surface area contributed by atoms with E-state index in [2.05, 4.69) is 4.98 Å². The largest absolute Gasteiger partial charge is 0.506 e. The van der Waals surface area contributed by atoms with Gasteiger partial charge in [-0.25, -0.2) is 0 Å². The van der Waals surface area contributed by atoms with Crippen LogP contribution in [0.4, 0.5) is 0 Å². The number of pyridine rings is 1. The zero-order chi connectivity index (χ0) is 15.6. The topological polar surface area (TPSA) is 81.1 Å². The number of aromatic nitrogens is 2. The fourth-order valence-electron chi connectivity index (χ4n) is 2.60. The molecule has 0 spiro atoms. The summed E-state index contributed by atoms with van der Waals surface area (Å²) in [6.45, 7) is 6.72. The third-order valence-corrected chi connectivity index (χ3v) is 3.36. The highest BCUT2D eigenvalue weighted by atomic mass is 16.3. The molecule has 0 aliphatic heterocycles. The number of benzene rings is 1. The molecule has 1 amide bonds. The molecule has 0 unspecified atom stereocenters. The van der Waals surface area contributed by atoms with Gasteiger partial charge in [-0.05, 0) is 19.1 Å². The van der Waals surface area contributed by atoms with E-state index in [9.17, 15) is 9.90 Å². The van der Waals surface area contributed by atoms with Crippen LogP contribution in [0.3, 0.4) is 0 Å². The Hall–Kier alpha value is -2.56. The summed E-state index contributed by atoms with van der Waals surface area (Å²) in [5, 5.41) is 11.4. The number of aryl methyl sites for hydroxylation is 1. The van der Waals surface area contributed by atoms with Gasteiger partial charge in [0.2, 0.25) is 5.91 Å². The molecule has 21 heavy (non-hydrogen) atoms. The number of primary amides is 1. The second kappa shape index (κ2) is 5.83. The van der Waals surface area contributed by atoms with Gasteiger partial charge in [-0.3, -0.25) is 9.78 Å². The summed E-state index contributed by atoms with van der Waals surface area (Å²) in [6.07, 6.45) is 3.06. The zero-order valence-electron chi connectivity index (χ0n) is 12.4. The lowest BCUT2D eigenvalue weighted by Crippen LogP contribution is -2.11. The average Bonchev–Trinajstić information content (AvgIpc) is 2.83. The summed E-state index contributed by atoms with van der Waals surface area (Å²) in [5.41, 5.74) is 7.51. The molecule has 2 aromatic heterocycles. The summed E-state index contributed by atoms with van der Waals surface area (Å²) < 4.78 is 2.00. The normalized spacial score (nSPS) is 10.4. The number of carbonyl (C=O) groups excluding carboxylic acids is 1. The van der Waals surface area contributed by atoms with Crippen molar-refractivity contribution in [1.82, 2.24) is 9.55 Å². The van der Waals surface area contributed by atoms with Gasteiger partial charge < -0.3 is 15.4 Å². The molecule has 0 radical (unpaired) electrons. The SMILES string of the molecule is CC.CCn1c2cncc(O)c2c2c(C(N)=O)cccc21. The van der Waals surface area contributed by atoms with Crippen LogP contribution in [-0.2, 0) is 6.54 Å². The average molecular weight is 285 g/mol. The van der Waals surface area contributed by atoms with Crippen molar-refractivity contribution in [2.24, 2.45) is 5.73 Å². The van der Waals surface area contributed by atoms with Gasteiger partial charge in [-0.1, -0.05) is 19.9 Å². The van der Waals surface area contributed by atoms with Crippen LogP contribution in [-0.4, -0.2) is 20.6 Å². The molecule has 3 aromatic rings. The van der Waals surface area contributed by atoms with Gasteiger partial charge in [0.05, 0.1) is 28.8 Å². The Morgan fingerprint density at radius 3 is 2.57 bits per heavy atom. The zero-order valence-corrected chi connectivity index (χ0v) is 12.4. The highest BCUT2D eigenvalue weighted by molar-refractivity contribution is 6.19. The first-order valence-electron chi connectivity index (χ1n) is 7.02. The van der Waals surface area contributed by atoms with Crippen LogP contribution in [0.15, 0.2) is 30.6 Å². The number of nitrogens with zero attached hydrogens (tertiary/aromatic N) is 2. The molecule has 0 bridgehead atoms. The van der Waals surface area contributed by atoms with Crippen LogP contribution in [0.5, 0.6) is 5.75 Å². The smallest absolute Gasteiger partial charge is 0.249 e. The van der Waals surface area contributed by atoms with E-state index < -0.39 is 5.91 Å². The maximum Gasteiger partial charge on any atom is 0.249 e. The molecule has 3 rings (SSSR count). The Morgan fingerprint density at radius 2 is 1.95 bits per heavy atom. The first-order chi connectivity index (χ1) is 10.1. The fraction of sp³-hybridized carbons (Fsp3) is 0.250. The number of nitrogens with two attached hydrogens (primary N) is 1. The van der Waals surface area contributed by atoms with E-state index in [0.29, 0.717) is 22.9 Å². The van der Waals surface area contributed by atoms with E-state index in [4.69, 9.17) is 5.73 Å². The highest BCUT2D eigenvalue weighted by Crippen LogP contribution is 2.36. The van der Waals surface area contributed by atoms with E-state index in [0.717, 1.165) is 11.0 Å². The minimum atomic E-state index is -0.503. The first kappa shape index (κ1) is 14.8. The van der Waals surface area contributed by atoms with Crippen LogP contribution in [0.1, 0.15) is 31.1 Å². The van der Waals surface area contributed by atoms with Gasteiger partial charge in [0, 0.05) is 17.5 Å². The Balaban J connectivity index is 0.000000774. The molecule has 0 aliphatic carbocycles. The van der Waals surface area contributed by atoms with Crippen molar-refractivity contribution in [1.29, 1.82) is 0 Å². The molecular weight excluding hydrogens is 266 g/mol. The first-order valence-corrected chi connectivity index (χ1v) is 7.02. The molecule has 3 N–H and O–H groups in total. The van der Waals surface area contributed by atoms with E-state index in [1.54, 1.807) is 18.3 Å². The number of rotatable bonds is 2. The standard InChI is InChI=1S/C14H13N3O2.C2H6/c1-2-17-9-5-3-4-8(14(15)19)12(9)13-10(17)6-16-7-11(13)18;1-2/h3-7,18H,2H2,1H3,(H2,15,19);1-2H3. The number of aromatic hydroxyl groups is 1. The van der Waals surface area contributed by atoms with Gasteiger partial charge >= 0.3 is 0 Å². The lowest BCUT2D eigenvalue weighted by Gasteiger charge is -2.02. The Bertz CT molecular complexity index is 806. The Labute approximate surface area is 123 Å². The lowest BCUT2D eigenvalue weighted by atomic mass is 10.1. The minimum absolute atomic E-state index is 0.0587. The molecule has 0 aliphatic rings. The maximum atomic E-state index is 11.6.